The minimum absolute atomic E-state index is 0.212. The number of nitrogens with zero attached hydrogens (tertiary/aromatic N) is 5. The van der Waals surface area contributed by atoms with Crippen molar-refractivity contribution in [2.45, 2.75) is 13.5 Å². The SMILES string of the molecule is CC1CN(c2cc(C3=NCc4c(F)cc(-c5cnn(C)c5)cc43)ccn2)C1. The van der Waals surface area contributed by atoms with Gasteiger partial charge in [0.15, 0.2) is 0 Å². The Morgan fingerprint density at radius 2 is 1.96 bits per heavy atom. The number of aryl methyl sites for hydroxylation is 1. The summed E-state index contributed by atoms with van der Waals surface area (Å²) < 4.78 is 16.4. The summed E-state index contributed by atoms with van der Waals surface area (Å²) in [7, 11) is 1.86. The van der Waals surface area contributed by atoms with Gasteiger partial charge in [-0.1, -0.05) is 6.92 Å². The number of fused-ring (bicyclic) bond motifs is 1. The molecule has 0 saturated carbocycles. The second-order valence-electron chi connectivity index (χ2n) is 7.46. The third-order valence-corrected chi connectivity index (χ3v) is 5.29. The minimum Gasteiger partial charge on any atom is -0.356 e. The fourth-order valence-electron chi connectivity index (χ4n) is 3.86. The predicted octanol–water partition coefficient (Wildman–Crippen LogP) is 3.43. The van der Waals surface area contributed by atoms with Gasteiger partial charge in [-0.2, -0.15) is 5.10 Å². The topological polar surface area (TPSA) is 46.3 Å². The second-order valence-corrected chi connectivity index (χ2v) is 7.46. The van der Waals surface area contributed by atoms with Gasteiger partial charge in [0.1, 0.15) is 11.6 Å². The van der Waals surface area contributed by atoms with Crippen LogP contribution >= 0.6 is 0 Å². The Hall–Kier alpha value is -3.02. The number of hydrogen-bond acceptors (Lipinski definition) is 4. The first-order valence-electron chi connectivity index (χ1n) is 9.16. The average Bonchev–Trinajstić information content (AvgIpc) is 3.25. The third-order valence-electron chi connectivity index (χ3n) is 5.29. The van der Waals surface area contributed by atoms with E-state index in [9.17, 15) is 4.39 Å². The zero-order chi connectivity index (χ0) is 18.5. The number of rotatable bonds is 3. The molecule has 0 unspecified atom stereocenters. The Labute approximate surface area is 157 Å². The molecule has 27 heavy (non-hydrogen) atoms. The van der Waals surface area contributed by atoms with Crippen molar-refractivity contribution < 1.29 is 4.39 Å². The highest BCUT2D eigenvalue weighted by Gasteiger charge is 2.26. The smallest absolute Gasteiger partial charge is 0.129 e. The van der Waals surface area contributed by atoms with E-state index in [1.807, 2.05) is 31.6 Å². The van der Waals surface area contributed by atoms with Gasteiger partial charge in [0, 0.05) is 54.8 Å². The van der Waals surface area contributed by atoms with E-state index in [0.717, 1.165) is 46.9 Å². The molecule has 0 atom stereocenters. The van der Waals surface area contributed by atoms with Crippen LogP contribution in [0.3, 0.4) is 0 Å². The Morgan fingerprint density at radius 1 is 1.11 bits per heavy atom. The van der Waals surface area contributed by atoms with Crippen molar-refractivity contribution >= 4 is 11.5 Å². The van der Waals surface area contributed by atoms with Crippen molar-refractivity contribution in [2.75, 3.05) is 18.0 Å². The van der Waals surface area contributed by atoms with Gasteiger partial charge in [-0.3, -0.25) is 9.67 Å². The normalized spacial score (nSPS) is 16.3. The van der Waals surface area contributed by atoms with Crippen LogP contribution in [0, 0.1) is 11.7 Å². The van der Waals surface area contributed by atoms with Crippen LogP contribution < -0.4 is 4.90 Å². The number of anilines is 1. The molecule has 1 fully saturated rings. The molecule has 136 valence electrons. The number of halogens is 1. The molecule has 2 aliphatic rings. The Balaban J connectivity index is 1.54. The van der Waals surface area contributed by atoms with Gasteiger partial charge in [0.05, 0.1) is 18.5 Å². The Morgan fingerprint density at radius 3 is 2.70 bits per heavy atom. The molecule has 0 aliphatic carbocycles. The first-order valence-corrected chi connectivity index (χ1v) is 9.16. The quantitative estimate of drug-likeness (QED) is 0.718. The molecule has 5 rings (SSSR count). The number of aliphatic imine (C=N–C) groups is 1. The first kappa shape index (κ1) is 16.2. The van der Waals surface area contributed by atoms with E-state index < -0.39 is 0 Å². The highest BCUT2D eigenvalue weighted by molar-refractivity contribution is 6.15. The molecule has 4 heterocycles. The molecule has 3 aromatic rings. The van der Waals surface area contributed by atoms with Crippen LogP contribution in [-0.4, -0.2) is 33.6 Å². The predicted molar refractivity (Wildman–Crippen MR) is 104 cm³/mol. The van der Waals surface area contributed by atoms with Gasteiger partial charge >= 0.3 is 0 Å². The molecular formula is C21H20FN5. The van der Waals surface area contributed by atoms with Gasteiger partial charge in [-0.05, 0) is 35.7 Å². The van der Waals surface area contributed by atoms with Gasteiger partial charge in [0.25, 0.3) is 0 Å². The van der Waals surface area contributed by atoms with Gasteiger partial charge < -0.3 is 4.90 Å². The molecule has 2 aliphatic heterocycles. The molecule has 0 spiro atoms. The molecule has 6 heteroatoms. The summed E-state index contributed by atoms with van der Waals surface area (Å²) in [6, 6.07) is 7.62. The molecule has 5 nitrogen and oxygen atoms in total. The van der Waals surface area contributed by atoms with E-state index in [-0.39, 0.29) is 5.82 Å². The van der Waals surface area contributed by atoms with Crippen molar-refractivity contribution in [1.29, 1.82) is 0 Å². The first-order chi connectivity index (χ1) is 13.1. The second kappa shape index (κ2) is 6.01. The van der Waals surface area contributed by atoms with E-state index >= 15 is 0 Å². The zero-order valence-electron chi connectivity index (χ0n) is 15.4. The summed E-state index contributed by atoms with van der Waals surface area (Å²) in [6.07, 6.45) is 5.46. The lowest BCUT2D eigenvalue weighted by Gasteiger charge is -2.38. The Bertz CT molecular complexity index is 1060. The number of hydrogen-bond donors (Lipinski definition) is 0. The van der Waals surface area contributed by atoms with E-state index in [1.54, 1.807) is 16.9 Å². The van der Waals surface area contributed by atoms with Crippen molar-refractivity contribution in [3.05, 3.63) is 65.4 Å². The highest BCUT2D eigenvalue weighted by Crippen LogP contribution is 2.32. The van der Waals surface area contributed by atoms with Crippen LogP contribution in [0.25, 0.3) is 11.1 Å². The maximum absolute atomic E-state index is 14.7. The van der Waals surface area contributed by atoms with Gasteiger partial charge in [-0.15, -0.1) is 0 Å². The number of aromatic nitrogens is 3. The largest absolute Gasteiger partial charge is 0.356 e. The third kappa shape index (κ3) is 2.72. The summed E-state index contributed by atoms with van der Waals surface area (Å²) in [5.74, 6) is 1.46. The summed E-state index contributed by atoms with van der Waals surface area (Å²) >= 11 is 0. The van der Waals surface area contributed by atoms with Crippen LogP contribution in [-0.2, 0) is 13.6 Å². The zero-order valence-corrected chi connectivity index (χ0v) is 15.4. The lowest BCUT2D eigenvalue weighted by molar-refractivity contribution is 0.443. The van der Waals surface area contributed by atoms with Crippen LogP contribution in [0.1, 0.15) is 23.6 Å². The monoisotopic (exact) mass is 361 g/mol. The molecule has 1 saturated heterocycles. The summed E-state index contributed by atoms with van der Waals surface area (Å²) in [4.78, 5) is 11.4. The molecule has 0 radical (unpaired) electrons. The van der Waals surface area contributed by atoms with E-state index in [2.05, 4.69) is 33.0 Å². The number of benzene rings is 1. The van der Waals surface area contributed by atoms with E-state index in [4.69, 9.17) is 0 Å². The van der Waals surface area contributed by atoms with Crippen LogP contribution in [0.5, 0.6) is 0 Å². The maximum Gasteiger partial charge on any atom is 0.129 e. The van der Waals surface area contributed by atoms with E-state index in [0.29, 0.717) is 18.0 Å². The van der Waals surface area contributed by atoms with Gasteiger partial charge in [-0.25, -0.2) is 9.37 Å². The molecule has 2 aromatic heterocycles. The molecule has 0 bridgehead atoms. The number of pyridine rings is 1. The summed E-state index contributed by atoms with van der Waals surface area (Å²) in [6.45, 7) is 4.67. The minimum atomic E-state index is -0.212. The van der Waals surface area contributed by atoms with Crippen molar-refractivity contribution in [3.63, 3.8) is 0 Å². The molecule has 0 N–H and O–H groups in total. The lowest BCUT2D eigenvalue weighted by Crippen LogP contribution is -2.45. The van der Waals surface area contributed by atoms with Gasteiger partial charge in [0.2, 0.25) is 0 Å². The lowest BCUT2D eigenvalue weighted by atomic mass is 9.96. The van der Waals surface area contributed by atoms with E-state index in [1.165, 1.54) is 0 Å². The summed E-state index contributed by atoms with van der Waals surface area (Å²) in [5.41, 5.74) is 5.07. The van der Waals surface area contributed by atoms with Crippen molar-refractivity contribution in [2.24, 2.45) is 18.0 Å². The highest BCUT2D eigenvalue weighted by atomic mass is 19.1. The fourth-order valence-corrected chi connectivity index (χ4v) is 3.86. The average molecular weight is 361 g/mol. The fraction of sp³-hybridized carbons (Fsp3) is 0.286. The van der Waals surface area contributed by atoms with Crippen LogP contribution in [0.2, 0.25) is 0 Å². The van der Waals surface area contributed by atoms with Crippen LogP contribution in [0.15, 0.2) is 47.8 Å². The summed E-state index contributed by atoms with van der Waals surface area (Å²) in [5, 5.41) is 4.20. The Kier molecular flexibility index (Phi) is 3.60. The molecule has 1 aromatic carbocycles. The molecule has 0 amide bonds. The maximum atomic E-state index is 14.7. The standard InChI is InChI=1S/C21H20FN5/c1-13-10-27(11-13)20-7-14(3-4-23-20)21-17-5-15(16-8-25-26(2)12-16)6-19(22)18(17)9-24-21/h3-8,12-13H,9-11H2,1-2H3. The van der Waals surface area contributed by atoms with Crippen LogP contribution in [0.4, 0.5) is 10.2 Å². The van der Waals surface area contributed by atoms with Crippen molar-refractivity contribution in [1.82, 2.24) is 14.8 Å². The molecular weight excluding hydrogens is 341 g/mol. The van der Waals surface area contributed by atoms with Crippen molar-refractivity contribution in [3.8, 4) is 11.1 Å².